The first-order valence-electron chi connectivity index (χ1n) is 10.3. The van der Waals surface area contributed by atoms with Crippen LogP contribution in [0, 0.1) is 0 Å². The van der Waals surface area contributed by atoms with E-state index in [0.29, 0.717) is 37.2 Å². The molecule has 1 spiro atoms. The Hall–Kier alpha value is -2.83. The first-order chi connectivity index (χ1) is 14.0. The van der Waals surface area contributed by atoms with E-state index in [4.69, 9.17) is 9.47 Å². The summed E-state index contributed by atoms with van der Waals surface area (Å²) in [6.45, 7) is 4.87. The molecule has 2 saturated heterocycles. The van der Waals surface area contributed by atoms with Gasteiger partial charge in [-0.3, -0.25) is 4.90 Å². The smallest absolute Gasteiger partial charge is 0.417 e. The standard InChI is InChI=1S/C22H26N2O5/c1-16-22(29-21(27)24(16)18-10-6-3-7-11-18)12-14-23(15-13-22)20(26)28-19(25)17-8-4-2-5-9-17/h2,4-5,8-9,18H,1,3,6-7,10-15H2. The van der Waals surface area contributed by atoms with Crippen molar-refractivity contribution in [2.75, 3.05) is 13.1 Å². The Morgan fingerprint density at radius 1 is 1.07 bits per heavy atom. The van der Waals surface area contributed by atoms with Gasteiger partial charge in [-0.25, -0.2) is 14.4 Å². The Kier molecular flexibility index (Phi) is 5.30. The lowest BCUT2D eigenvalue weighted by molar-refractivity contribution is 0.0127. The van der Waals surface area contributed by atoms with Gasteiger partial charge in [-0.1, -0.05) is 44.0 Å². The van der Waals surface area contributed by atoms with E-state index in [2.05, 4.69) is 6.58 Å². The van der Waals surface area contributed by atoms with Gasteiger partial charge in [0.2, 0.25) is 0 Å². The van der Waals surface area contributed by atoms with Gasteiger partial charge in [-0.2, -0.15) is 0 Å². The van der Waals surface area contributed by atoms with Crippen molar-refractivity contribution in [3.8, 4) is 0 Å². The van der Waals surface area contributed by atoms with Gasteiger partial charge in [0.25, 0.3) is 0 Å². The number of hydrogen-bond donors (Lipinski definition) is 0. The number of carbonyl (C=O) groups is 3. The maximum absolute atomic E-state index is 12.6. The zero-order chi connectivity index (χ0) is 20.4. The molecule has 0 N–H and O–H groups in total. The molecule has 7 heteroatoms. The number of esters is 1. The lowest BCUT2D eigenvalue weighted by atomic mass is 9.87. The molecule has 3 aliphatic rings. The highest BCUT2D eigenvalue weighted by Crippen LogP contribution is 2.43. The second kappa shape index (κ2) is 7.89. The van der Waals surface area contributed by atoms with E-state index in [9.17, 15) is 14.4 Å². The van der Waals surface area contributed by atoms with Crippen molar-refractivity contribution in [1.29, 1.82) is 0 Å². The normalized spacial score (nSPS) is 21.9. The van der Waals surface area contributed by atoms with Gasteiger partial charge >= 0.3 is 18.2 Å². The number of amides is 2. The minimum Gasteiger partial charge on any atom is -0.436 e. The lowest BCUT2D eigenvalue weighted by Crippen LogP contribution is -2.48. The van der Waals surface area contributed by atoms with Crippen LogP contribution in [0.4, 0.5) is 9.59 Å². The van der Waals surface area contributed by atoms with Crippen LogP contribution in [0.25, 0.3) is 0 Å². The van der Waals surface area contributed by atoms with Crippen molar-refractivity contribution in [2.45, 2.75) is 56.6 Å². The van der Waals surface area contributed by atoms with E-state index in [-0.39, 0.29) is 12.1 Å². The van der Waals surface area contributed by atoms with Crippen molar-refractivity contribution < 1.29 is 23.9 Å². The van der Waals surface area contributed by atoms with Crippen molar-refractivity contribution in [1.82, 2.24) is 9.80 Å². The van der Waals surface area contributed by atoms with Crippen molar-refractivity contribution in [3.63, 3.8) is 0 Å². The molecule has 4 rings (SSSR count). The van der Waals surface area contributed by atoms with Crippen molar-refractivity contribution in [2.24, 2.45) is 0 Å². The van der Waals surface area contributed by atoms with Crippen LogP contribution in [0.5, 0.6) is 0 Å². The number of piperidine rings is 1. The first-order valence-corrected chi connectivity index (χ1v) is 10.3. The SMILES string of the molecule is C=C1N(C2CCCCC2)C(=O)OC12CCN(C(=O)OC(=O)c1ccccc1)CC2. The summed E-state index contributed by atoms with van der Waals surface area (Å²) >= 11 is 0. The summed E-state index contributed by atoms with van der Waals surface area (Å²) in [5.41, 5.74) is 0.285. The molecule has 0 atom stereocenters. The van der Waals surface area contributed by atoms with Crippen LogP contribution >= 0.6 is 0 Å². The van der Waals surface area contributed by atoms with Crippen molar-refractivity contribution >= 4 is 18.2 Å². The molecule has 0 aromatic heterocycles. The minimum absolute atomic E-state index is 0.162. The minimum atomic E-state index is -0.755. The highest BCUT2D eigenvalue weighted by atomic mass is 16.6. The van der Waals surface area contributed by atoms with Gasteiger partial charge in [-0.05, 0) is 25.0 Å². The molecule has 7 nitrogen and oxygen atoms in total. The van der Waals surface area contributed by atoms with Crippen molar-refractivity contribution in [3.05, 3.63) is 48.2 Å². The largest absolute Gasteiger partial charge is 0.436 e. The predicted octanol–water partition coefficient (Wildman–Crippen LogP) is 4.10. The fourth-order valence-corrected chi connectivity index (χ4v) is 4.53. The highest BCUT2D eigenvalue weighted by molar-refractivity contribution is 5.96. The average Bonchev–Trinajstić information content (AvgIpc) is 2.99. The van der Waals surface area contributed by atoms with Gasteiger partial charge in [-0.15, -0.1) is 0 Å². The van der Waals surface area contributed by atoms with E-state index >= 15 is 0 Å². The molecule has 29 heavy (non-hydrogen) atoms. The third kappa shape index (κ3) is 3.73. The second-order valence-corrected chi connectivity index (χ2v) is 7.98. The lowest BCUT2D eigenvalue weighted by Gasteiger charge is -2.38. The van der Waals surface area contributed by atoms with E-state index < -0.39 is 17.7 Å². The fourth-order valence-electron chi connectivity index (χ4n) is 4.53. The molecule has 1 saturated carbocycles. The van der Waals surface area contributed by atoms with E-state index in [1.54, 1.807) is 35.2 Å². The van der Waals surface area contributed by atoms with Gasteiger partial charge < -0.3 is 14.4 Å². The predicted molar refractivity (Wildman–Crippen MR) is 105 cm³/mol. The summed E-state index contributed by atoms with van der Waals surface area (Å²) in [5, 5.41) is 0. The first kappa shape index (κ1) is 19.5. The van der Waals surface area contributed by atoms with Crippen LogP contribution in [0.15, 0.2) is 42.6 Å². The summed E-state index contributed by atoms with van der Waals surface area (Å²) in [4.78, 5) is 40.3. The number of benzene rings is 1. The van der Waals surface area contributed by atoms with Gasteiger partial charge in [0, 0.05) is 32.0 Å². The monoisotopic (exact) mass is 398 g/mol. The molecule has 2 amide bonds. The second-order valence-electron chi connectivity index (χ2n) is 7.98. The number of likely N-dealkylation sites (tertiary alicyclic amines) is 1. The molecule has 1 aliphatic carbocycles. The molecular weight excluding hydrogens is 372 g/mol. The number of nitrogens with zero attached hydrogens (tertiary/aromatic N) is 2. The van der Waals surface area contributed by atoms with Gasteiger partial charge in [0.15, 0.2) is 5.60 Å². The van der Waals surface area contributed by atoms with Crippen LogP contribution in [0.1, 0.15) is 55.3 Å². The van der Waals surface area contributed by atoms with Crippen LogP contribution in [0.2, 0.25) is 0 Å². The maximum atomic E-state index is 12.6. The maximum Gasteiger partial charge on any atom is 0.417 e. The van der Waals surface area contributed by atoms with E-state index in [1.165, 1.54) is 11.3 Å². The zero-order valence-electron chi connectivity index (χ0n) is 16.5. The highest BCUT2D eigenvalue weighted by Gasteiger charge is 2.52. The van der Waals surface area contributed by atoms with Crippen LogP contribution in [-0.2, 0) is 9.47 Å². The van der Waals surface area contributed by atoms with Gasteiger partial charge in [0.05, 0.1) is 11.3 Å². The average molecular weight is 398 g/mol. The molecule has 3 fully saturated rings. The molecule has 2 aliphatic heterocycles. The molecule has 2 heterocycles. The summed E-state index contributed by atoms with van der Waals surface area (Å²) < 4.78 is 10.8. The number of carbonyl (C=O) groups excluding carboxylic acids is 3. The Labute approximate surface area is 170 Å². The van der Waals surface area contributed by atoms with Gasteiger partial charge in [0.1, 0.15) is 0 Å². The molecule has 0 bridgehead atoms. The van der Waals surface area contributed by atoms with Crippen LogP contribution in [-0.4, -0.2) is 52.7 Å². The van der Waals surface area contributed by atoms with E-state index in [0.717, 1.165) is 25.7 Å². The molecule has 0 unspecified atom stereocenters. The third-order valence-corrected chi connectivity index (χ3v) is 6.25. The molecule has 1 aromatic carbocycles. The Morgan fingerprint density at radius 3 is 2.38 bits per heavy atom. The van der Waals surface area contributed by atoms with Crippen LogP contribution in [0.3, 0.4) is 0 Å². The zero-order valence-corrected chi connectivity index (χ0v) is 16.5. The molecular formula is C22H26N2O5. The fraction of sp³-hybridized carbons (Fsp3) is 0.500. The summed E-state index contributed by atoms with van der Waals surface area (Å²) in [5.74, 6) is -0.670. The van der Waals surface area contributed by atoms with Crippen LogP contribution < -0.4 is 0 Å². The molecule has 154 valence electrons. The number of ether oxygens (including phenoxy) is 2. The summed E-state index contributed by atoms with van der Waals surface area (Å²) in [7, 11) is 0. The molecule has 1 aromatic rings. The Bertz CT molecular complexity index is 808. The Balaban J connectivity index is 1.36. The number of rotatable bonds is 2. The Morgan fingerprint density at radius 2 is 1.72 bits per heavy atom. The van der Waals surface area contributed by atoms with E-state index in [1.807, 2.05) is 0 Å². The summed E-state index contributed by atoms with van der Waals surface area (Å²) in [6.07, 6.45) is 5.30. The summed E-state index contributed by atoms with van der Waals surface area (Å²) in [6, 6.07) is 8.57. The quantitative estimate of drug-likeness (QED) is 0.554. The molecule has 0 radical (unpaired) electrons. The topological polar surface area (TPSA) is 76.2 Å². The third-order valence-electron chi connectivity index (χ3n) is 6.25. The number of hydrogen-bond acceptors (Lipinski definition) is 5.